The average molecular weight is 416 g/mol. The van der Waals surface area contributed by atoms with Crippen LogP contribution in [0.1, 0.15) is 19.5 Å². The van der Waals surface area contributed by atoms with E-state index in [-0.39, 0.29) is 17.3 Å². The van der Waals surface area contributed by atoms with Gasteiger partial charge in [-0.25, -0.2) is 4.68 Å². The molecule has 0 unspecified atom stereocenters. The number of anilines is 1. The molecular formula is C21H19Cl2N3O2. The van der Waals surface area contributed by atoms with Gasteiger partial charge in [0.1, 0.15) is 11.5 Å². The SMILES string of the molecule is Cc1nn(-c2ccc(Cl)cc2)c(NC(=O)C(C)C)c(-c2ccc(Cl)cc2)c1=O. The molecular weight excluding hydrogens is 397 g/mol. The molecule has 0 aliphatic carbocycles. The summed E-state index contributed by atoms with van der Waals surface area (Å²) in [5, 5.41) is 8.41. The molecule has 0 saturated carbocycles. The molecule has 5 nitrogen and oxygen atoms in total. The van der Waals surface area contributed by atoms with Crippen molar-refractivity contribution < 1.29 is 4.79 Å². The van der Waals surface area contributed by atoms with Crippen LogP contribution in [0.4, 0.5) is 5.82 Å². The fourth-order valence-corrected chi connectivity index (χ4v) is 2.92. The number of hydrogen-bond donors (Lipinski definition) is 1. The number of nitrogens with zero attached hydrogens (tertiary/aromatic N) is 2. The van der Waals surface area contributed by atoms with E-state index in [1.165, 1.54) is 0 Å². The molecule has 0 bridgehead atoms. The van der Waals surface area contributed by atoms with Crippen molar-refractivity contribution in [2.75, 3.05) is 5.32 Å². The second kappa shape index (κ2) is 8.17. The molecule has 3 aromatic rings. The first-order chi connectivity index (χ1) is 13.3. The number of halogens is 2. The number of carbonyl (C=O) groups is 1. The van der Waals surface area contributed by atoms with Crippen molar-refractivity contribution in [3.8, 4) is 16.8 Å². The first-order valence-electron chi connectivity index (χ1n) is 8.74. The Morgan fingerprint density at radius 3 is 2.07 bits per heavy atom. The zero-order valence-electron chi connectivity index (χ0n) is 15.7. The maximum Gasteiger partial charge on any atom is 0.228 e. The van der Waals surface area contributed by atoms with Crippen molar-refractivity contribution in [3.05, 3.63) is 74.5 Å². The predicted molar refractivity (Wildman–Crippen MR) is 113 cm³/mol. The van der Waals surface area contributed by atoms with E-state index in [4.69, 9.17) is 23.2 Å². The maximum absolute atomic E-state index is 13.0. The van der Waals surface area contributed by atoms with Crippen LogP contribution in [-0.4, -0.2) is 15.7 Å². The van der Waals surface area contributed by atoms with Gasteiger partial charge in [-0.2, -0.15) is 5.10 Å². The lowest BCUT2D eigenvalue weighted by Gasteiger charge is -2.19. The molecule has 0 atom stereocenters. The lowest BCUT2D eigenvalue weighted by Crippen LogP contribution is -2.26. The fourth-order valence-electron chi connectivity index (χ4n) is 2.67. The van der Waals surface area contributed by atoms with Crippen LogP contribution in [0, 0.1) is 12.8 Å². The van der Waals surface area contributed by atoms with Gasteiger partial charge in [0.05, 0.1) is 11.3 Å². The zero-order valence-corrected chi connectivity index (χ0v) is 17.2. The highest BCUT2D eigenvalue weighted by atomic mass is 35.5. The fraction of sp³-hybridized carbons (Fsp3) is 0.190. The van der Waals surface area contributed by atoms with Gasteiger partial charge in [-0.3, -0.25) is 9.59 Å². The Balaban J connectivity index is 2.32. The third kappa shape index (κ3) is 4.11. The van der Waals surface area contributed by atoms with E-state index in [0.29, 0.717) is 38.4 Å². The molecule has 144 valence electrons. The minimum atomic E-state index is -0.270. The van der Waals surface area contributed by atoms with E-state index in [2.05, 4.69) is 10.4 Å². The largest absolute Gasteiger partial charge is 0.310 e. The molecule has 1 heterocycles. The minimum Gasteiger partial charge on any atom is -0.310 e. The summed E-state index contributed by atoms with van der Waals surface area (Å²) in [6.45, 7) is 5.20. The van der Waals surface area contributed by atoms with Crippen molar-refractivity contribution in [2.24, 2.45) is 5.92 Å². The van der Waals surface area contributed by atoms with Gasteiger partial charge in [-0.05, 0) is 48.9 Å². The van der Waals surface area contributed by atoms with Crippen LogP contribution in [0.2, 0.25) is 10.0 Å². The third-order valence-corrected chi connectivity index (χ3v) is 4.73. The molecule has 1 amide bonds. The Hall–Kier alpha value is -2.63. The smallest absolute Gasteiger partial charge is 0.228 e. The lowest BCUT2D eigenvalue weighted by atomic mass is 10.0. The second-order valence-electron chi connectivity index (χ2n) is 6.68. The average Bonchev–Trinajstić information content (AvgIpc) is 2.66. The van der Waals surface area contributed by atoms with E-state index in [1.807, 2.05) is 0 Å². The number of aryl methyl sites for hydroxylation is 1. The van der Waals surface area contributed by atoms with Crippen molar-refractivity contribution in [1.29, 1.82) is 0 Å². The van der Waals surface area contributed by atoms with Gasteiger partial charge in [-0.1, -0.05) is 49.2 Å². The minimum absolute atomic E-state index is 0.219. The van der Waals surface area contributed by atoms with E-state index in [0.717, 1.165) is 0 Å². The molecule has 0 saturated heterocycles. The van der Waals surface area contributed by atoms with Crippen LogP contribution < -0.4 is 10.7 Å². The summed E-state index contributed by atoms with van der Waals surface area (Å²) in [6, 6.07) is 13.9. The molecule has 2 aromatic carbocycles. The Labute approximate surface area is 172 Å². The van der Waals surface area contributed by atoms with Gasteiger partial charge in [0.25, 0.3) is 0 Å². The normalized spacial score (nSPS) is 10.9. The van der Waals surface area contributed by atoms with Gasteiger partial charge in [0.2, 0.25) is 11.3 Å². The predicted octanol–water partition coefficient (Wildman–Crippen LogP) is 5.11. The monoisotopic (exact) mass is 415 g/mol. The third-order valence-electron chi connectivity index (χ3n) is 4.22. The zero-order chi connectivity index (χ0) is 20.4. The summed E-state index contributed by atoms with van der Waals surface area (Å²) in [7, 11) is 0. The van der Waals surface area contributed by atoms with Crippen molar-refractivity contribution in [2.45, 2.75) is 20.8 Å². The van der Waals surface area contributed by atoms with E-state index in [9.17, 15) is 9.59 Å². The van der Waals surface area contributed by atoms with Gasteiger partial charge in [-0.15, -0.1) is 0 Å². The van der Waals surface area contributed by atoms with E-state index < -0.39 is 0 Å². The summed E-state index contributed by atoms with van der Waals surface area (Å²) in [5.74, 6) is -0.185. The Bertz CT molecular complexity index is 1070. The highest BCUT2D eigenvalue weighted by Gasteiger charge is 2.21. The molecule has 0 fully saturated rings. The molecule has 0 spiro atoms. The summed E-state index contributed by atoms with van der Waals surface area (Å²) in [5.41, 5.74) is 1.71. The summed E-state index contributed by atoms with van der Waals surface area (Å²) in [6.07, 6.45) is 0. The van der Waals surface area contributed by atoms with Crippen molar-refractivity contribution >= 4 is 34.9 Å². The highest BCUT2D eigenvalue weighted by molar-refractivity contribution is 6.30. The first-order valence-corrected chi connectivity index (χ1v) is 9.50. The van der Waals surface area contributed by atoms with Crippen molar-refractivity contribution in [3.63, 3.8) is 0 Å². The van der Waals surface area contributed by atoms with E-state index >= 15 is 0 Å². The number of benzene rings is 2. The molecule has 0 aliphatic heterocycles. The lowest BCUT2D eigenvalue weighted by molar-refractivity contribution is -0.118. The van der Waals surface area contributed by atoms with Gasteiger partial charge in [0, 0.05) is 16.0 Å². The Kier molecular flexibility index (Phi) is 5.87. The number of amides is 1. The summed E-state index contributed by atoms with van der Waals surface area (Å²) >= 11 is 12.0. The summed E-state index contributed by atoms with van der Waals surface area (Å²) < 4.78 is 1.55. The molecule has 7 heteroatoms. The number of aromatic nitrogens is 2. The van der Waals surface area contributed by atoms with Crippen LogP contribution in [0.3, 0.4) is 0 Å². The standard InChI is InChI=1S/C21H19Cl2N3O2/c1-12(2)21(28)24-20-18(14-4-6-15(22)7-5-14)19(27)13(3)25-26(20)17-10-8-16(23)9-11-17/h4-12H,1-3H3,(H,24,28). The first kappa shape index (κ1) is 20.1. The van der Waals surface area contributed by atoms with Gasteiger partial charge in [0.15, 0.2) is 0 Å². The number of hydrogen-bond acceptors (Lipinski definition) is 3. The number of rotatable bonds is 4. The summed E-state index contributed by atoms with van der Waals surface area (Å²) in [4.78, 5) is 25.5. The number of nitrogens with one attached hydrogen (secondary N) is 1. The van der Waals surface area contributed by atoms with Crippen LogP contribution in [0.15, 0.2) is 53.3 Å². The van der Waals surface area contributed by atoms with Crippen LogP contribution >= 0.6 is 23.2 Å². The van der Waals surface area contributed by atoms with Crippen LogP contribution in [0.5, 0.6) is 0 Å². The Morgan fingerprint density at radius 1 is 1.00 bits per heavy atom. The van der Waals surface area contributed by atoms with E-state index in [1.54, 1.807) is 74.0 Å². The molecule has 3 rings (SSSR count). The topological polar surface area (TPSA) is 64.0 Å². The van der Waals surface area contributed by atoms with Crippen LogP contribution in [-0.2, 0) is 4.79 Å². The quantitative estimate of drug-likeness (QED) is 0.643. The Morgan fingerprint density at radius 2 is 1.54 bits per heavy atom. The second-order valence-corrected chi connectivity index (χ2v) is 7.55. The molecule has 0 radical (unpaired) electrons. The maximum atomic E-state index is 13.0. The number of carbonyl (C=O) groups excluding carboxylic acids is 1. The molecule has 1 aromatic heterocycles. The molecule has 0 aliphatic rings. The van der Waals surface area contributed by atoms with Crippen LogP contribution in [0.25, 0.3) is 16.8 Å². The van der Waals surface area contributed by atoms with Gasteiger partial charge < -0.3 is 5.32 Å². The van der Waals surface area contributed by atoms with Gasteiger partial charge >= 0.3 is 0 Å². The molecule has 1 N–H and O–H groups in total. The van der Waals surface area contributed by atoms with Crippen molar-refractivity contribution in [1.82, 2.24) is 9.78 Å². The highest BCUT2D eigenvalue weighted by Crippen LogP contribution is 2.29. The molecule has 28 heavy (non-hydrogen) atoms.